The fraction of sp³-hybridized carbons (Fsp3) is 0.562. The van der Waals surface area contributed by atoms with Gasteiger partial charge in [0.05, 0.1) is 12.2 Å². The Hall–Kier alpha value is -1.69. The minimum Gasteiger partial charge on any atom is -0.466 e. The van der Waals surface area contributed by atoms with Crippen LogP contribution in [0, 0.1) is 5.92 Å². The molecule has 11 heteroatoms. The predicted molar refractivity (Wildman–Crippen MR) is 91.5 cm³/mol. The molecule has 3 unspecified atom stereocenters. The van der Waals surface area contributed by atoms with Gasteiger partial charge in [0.15, 0.2) is 5.37 Å². The van der Waals surface area contributed by atoms with Gasteiger partial charge in [0.25, 0.3) is 0 Å². The number of ether oxygens (including phenoxy) is 1. The van der Waals surface area contributed by atoms with Crippen LogP contribution in [0.5, 0.6) is 0 Å². The van der Waals surface area contributed by atoms with Gasteiger partial charge in [-0.25, -0.2) is 18.6 Å². The quantitative estimate of drug-likeness (QED) is 0.591. The second-order valence-corrected chi connectivity index (χ2v) is 7.95. The summed E-state index contributed by atoms with van der Waals surface area (Å²) in [7, 11) is -4.00. The van der Waals surface area contributed by atoms with Crippen molar-refractivity contribution in [3.8, 4) is 0 Å². The molecule has 1 saturated heterocycles. The number of hydrogen-bond acceptors (Lipinski definition) is 6. The number of hydrazine groups is 1. The molecule has 1 fully saturated rings. The summed E-state index contributed by atoms with van der Waals surface area (Å²) in [4.78, 5) is 12.2. The average molecular weight is 409 g/mol. The van der Waals surface area contributed by atoms with E-state index in [0.29, 0.717) is 12.0 Å². The molecule has 0 bridgehead atoms. The largest absolute Gasteiger partial charge is 0.466 e. The first kappa shape index (κ1) is 21.6. The van der Waals surface area contributed by atoms with Gasteiger partial charge in [0, 0.05) is 12.6 Å². The van der Waals surface area contributed by atoms with E-state index in [1.807, 2.05) is 0 Å². The number of hydrogen-bond donors (Lipinski definition) is 3. The maximum Gasteiger partial charge on any atom is 0.416 e. The second-order valence-electron chi connectivity index (χ2n) is 6.06. The number of halogens is 3. The average Bonchev–Trinajstić information content (AvgIpc) is 3.05. The molecular formula is C16H22F3N3O4S. The van der Waals surface area contributed by atoms with Crippen LogP contribution in [-0.2, 0) is 32.3 Å². The van der Waals surface area contributed by atoms with Crippen LogP contribution < -0.4 is 15.6 Å². The second kappa shape index (κ2) is 8.55. The molecule has 1 aromatic carbocycles. The highest BCUT2D eigenvalue weighted by Gasteiger charge is 2.47. The van der Waals surface area contributed by atoms with Crippen molar-refractivity contribution >= 4 is 16.0 Å². The van der Waals surface area contributed by atoms with Gasteiger partial charge in [-0.3, -0.25) is 10.2 Å². The van der Waals surface area contributed by atoms with Crippen molar-refractivity contribution in [1.82, 2.24) is 15.6 Å². The highest BCUT2D eigenvalue weighted by Crippen LogP contribution is 2.29. The molecule has 0 saturated carbocycles. The van der Waals surface area contributed by atoms with Crippen molar-refractivity contribution in [2.45, 2.75) is 44.4 Å². The Morgan fingerprint density at radius 2 is 1.81 bits per heavy atom. The lowest BCUT2D eigenvalue weighted by molar-refractivity contribution is -0.148. The number of carbonyl (C=O) groups is 1. The summed E-state index contributed by atoms with van der Waals surface area (Å²) < 4.78 is 70.3. The molecule has 0 spiro atoms. The summed E-state index contributed by atoms with van der Waals surface area (Å²) in [6, 6.07) is 3.74. The van der Waals surface area contributed by atoms with Crippen molar-refractivity contribution in [2.24, 2.45) is 5.92 Å². The Balaban J connectivity index is 2.09. The first-order chi connectivity index (χ1) is 12.6. The number of esters is 1. The fourth-order valence-electron chi connectivity index (χ4n) is 2.82. The molecule has 7 nitrogen and oxygen atoms in total. The van der Waals surface area contributed by atoms with Crippen LogP contribution in [-0.4, -0.2) is 32.4 Å². The van der Waals surface area contributed by atoms with Crippen LogP contribution >= 0.6 is 0 Å². The third-order valence-corrected chi connectivity index (χ3v) is 5.89. The summed E-state index contributed by atoms with van der Waals surface area (Å²) >= 11 is 0. The third kappa shape index (κ3) is 5.18. The summed E-state index contributed by atoms with van der Waals surface area (Å²) in [5.41, 5.74) is 4.92. The van der Waals surface area contributed by atoms with E-state index >= 15 is 0 Å². The third-order valence-electron chi connectivity index (χ3n) is 4.26. The predicted octanol–water partition coefficient (Wildman–Crippen LogP) is 1.52. The van der Waals surface area contributed by atoms with Gasteiger partial charge in [-0.1, -0.05) is 19.1 Å². The number of rotatable bonds is 7. The monoisotopic (exact) mass is 409 g/mol. The van der Waals surface area contributed by atoms with Crippen molar-refractivity contribution < 1.29 is 31.1 Å². The van der Waals surface area contributed by atoms with Gasteiger partial charge in [0.1, 0.15) is 5.92 Å². The van der Waals surface area contributed by atoms with E-state index in [4.69, 9.17) is 4.74 Å². The molecule has 1 aliphatic heterocycles. The minimum absolute atomic E-state index is 0.123. The van der Waals surface area contributed by atoms with Crippen molar-refractivity contribution in [2.75, 3.05) is 6.61 Å². The first-order valence-corrected chi connectivity index (χ1v) is 9.97. The molecular weight excluding hydrogens is 387 g/mol. The van der Waals surface area contributed by atoms with Gasteiger partial charge >= 0.3 is 12.1 Å². The van der Waals surface area contributed by atoms with Gasteiger partial charge in [0.2, 0.25) is 10.0 Å². The Bertz CT molecular complexity index is 753. The van der Waals surface area contributed by atoms with Gasteiger partial charge < -0.3 is 4.74 Å². The van der Waals surface area contributed by atoms with Crippen molar-refractivity contribution in [3.63, 3.8) is 0 Å². The number of alkyl halides is 3. The Morgan fingerprint density at radius 1 is 1.19 bits per heavy atom. The number of sulfonamides is 1. The van der Waals surface area contributed by atoms with E-state index in [1.165, 1.54) is 12.1 Å². The molecule has 3 N–H and O–H groups in total. The normalized spacial score (nSPS) is 23.4. The van der Waals surface area contributed by atoms with Gasteiger partial charge in [-0.15, -0.1) is 0 Å². The lowest BCUT2D eigenvalue weighted by Crippen LogP contribution is -2.47. The number of nitrogens with one attached hydrogen (secondary N) is 3. The van der Waals surface area contributed by atoms with Crippen LogP contribution in [0.15, 0.2) is 24.3 Å². The molecule has 152 valence electrons. The topological polar surface area (TPSA) is 96.5 Å². The molecule has 0 radical (unpaired) electrons. The fourth-order valence-corrected chi connectivity index (χ4v) is 4.28. The minimum atomic E-state index is -4.46. The lowest BCUT2D eigenvalue weighted by atomic mass is 10.00. The highest BCUT2D eigenvalue weighted by molar-refractivity contribution is 7.90. The molecule has 1 aromatic rings. The van der Waals surface area contributed by atoms with Gasteiger partial charge in [-0.05, 0) is 31.0 Å². The zero-order valence-electron chi connectivity index (χ0n) is 14.8. The molecule has 0 aromatic heterocycles. The summed E-state index contributed by atoms with van der Waals surface area (Å²) in [5.74, 6) is -1.58. The maximum absolute atomic E-state index is 12.6. The molecule has 3 atom stereocenters. The lowest BCUT2D eigenvalue weighted by Gasteiger charge is -2.21. The first-order valence-electron chi connectivity index (χ1n) is 8.42. The summed E-state index contributed by atoms with van der Waals surface area (Å²) in [6.07, 6.45) is -3.96. The Kier molecular flexibility index (Phi) is 6.84. The molecule has 27 heavy (non-hydrogen) atoms. The standard InChI is InChI=1S/C16H22F3N3O4S/c1-3-12-13(15(23)26-4-2)14(22-21-12)27(24,25)20-9-10-5-7-11(8-6-10)16(17,18)19/h5-8,12-14,20-22H,3-4,9H2,1-2H3. The van der Waals surface area contributed by atoms with E-state index in [2.05, 4.69) is 15.6 Å². The smallest absolute Gasteiger partial charge is 0.416 e. The molecule has 2 rings (SSSR count). The summed E-state index contributed by atoms with van der Waals surface area (Å²) in [6.45, 7) is 3.35. The molecule has 1 heterocycles. The SMILES string of the molecule is CCOC(=O)C1C(CC)NNC1S(=O)(=O)NCc1ccc(C(F)(F)F)cc1. The van der Waals surface area contributed by atoms with Crippen LogP contribution in [0.1, 0.15) is 31.4 Å². The zero-order valence-corrected chi connectivity index (χ0v) is 15.7. The molecule has 0 aliphatic carbocycles. The van der Waals surface area contributed by atoms with Gasteiger partial charge in [-0.2, -0.15) is 13.2 Å². The zero-order chi connectivity index (χ0) is 20.2. The van der Waals surface area contributed by atoms with E-state index in [0.717, 1.165) is 12.1 Å². The van der Waals surface area contributed by atoms with E-state index in [1.54, 1.807) is 13.8 Å². The van der Waals surface area contributed by atoms with Crippen LogP contribution in [0.3, 0.4) is 0 Å². The Labute approximate surface area is 155 Å². The van der Waals surface area contributed by atoms with E-state index in [9.17, 15) is 26.4 Å². The van der Waals surface area contributed by atoms with Crippen LogP contribution in [0.4, 0.5) is 13.2 Å². The van der Waals surface area contributed by atoms with Crippen LogP contribution in [0.2, 0.25) is 0 Å². The van der Waals surface area contributed by atoms with Crippen molar-refractivity contribution in [3.05, 3.63) is 35.4 Å². The van der Waals surface area contributed by atoms with Crippen LogP contribution in [0.25, 0.3) is 0 Å². The van der Waals surface area contributed by atoms with E-state index < -0.39 is 45.1 Å². The molecule has 1 aliphatic rings. The Morgan fingerprint density at radius 3 is 2.33 bits per heavy atom. The highest BCUT2D eigenvalue weighted by atomic mass is 32.2. The number of carbonyl (C=O) groups excluding carboxylic acids is 1. The molecule has 0 amide bonds. The van der Waals surface area contributed by atoms with E-state index in [-0.39, 0.29) is 13.2 Å². The number of benzene rings is 1. The summed E-state index contributed by atoms with van der Waals surface area (Å²) in [5, 5.41) is -1.25. The maximum atomic E-state index is 12.6. The van der Waals surface area contributed by atoms with Crippen molar-refractivity contribution in [1.29, 1.82) is 0 Å².